The van der Waals surface area contributed by atoms with Gasteiger partial charge in [0.25, 0.3) is 0 Å². The van der Waals surface area contributed by atoms with Crippen LogP contribution < -0.4 is 16.2 Å². The first kappa shape index (κ1) is 11.4. The summed E-state index contributed by atoms with van der Waals surface area (Å²) in [5.74, 6) is -0.907. The van der Waals surface area contributed by atoms with Crippen molar-refractivity contribution in [2.24, 2.45) is 5.73 Å². The largest absolute Gasteiger partial charge is 0.383 e. The minimum atomic E-state index is -3.82. The second-order valence-electron chi connectivity index (χ2n) is 2.68. The third-order valence-corrected chi connectivity index (χ3v) is 2.97. The molecule has 1 aromatic heterocycles. The Bertz CT molecular complexity index is 471. The van der Waals surface area contributed by atoms with E-state index < -0.39 is 22.5 Å². The molecule has 0 radical (unpaired) electrons. The number of amides is 1. The number of carbonyl (C=O) groups is 1. The quantitative estimate of drug-likeness (QED) is 0.575. The normalized spacial score (nSPS) is 11.2. The van der Waals surface area contributed by atoms with Crippen LogP contribution in [0.1, 0.15) is 0 Å². The van der Waals surface area contributed by atoms with Crippen LogP contribution in [0, 0.1) is 0 Å². The molecule has 1 aromatic rings. The van der Waals surface area contributed by atoms with Crippen molar-refractivity contribution in [3.8, 4) is 0 Å². The van der Waals surface area contributed by atoms with Crippen LogP contribution in [0.15, 0.2) is 23.2 Å². The molecular formula is C7H10N4O3S. The zero-order valence-corrected chi connectivity index (χ0v) is 8.49. The molecular weight excluding hydrogens is 220 g/mol. The molecule has 0 aliphatic heterocycles. The molecule has 0 aliphatic carbocycles. The minimum Gasteiger partial charge on any atom is -0.383 e. The van der Waals surface area contributed by atoms with Crippen LogP contribution in [-0.4, -0.2) is 25.9 Å². The number of pyridine rings is 1. The molecule has 0 saturated carbocycles. The fourth-order valence-electron chi connectivity index (χ4n) is 0.874. The number of aromatic nitrogens is 1. The maximum Gasteiger partial charge on any atom is 0.244 e. The molecule has 1 rings (SSSR count). The van der Waals surface area contributed by atoms with E-state index in [2.05, 4.69) is 4.98 Å². The predicted molar refractivity (Wildman–Crippen MR) is 53.0 cm³/mol. The molecule has 15 heavy (non-hydrogen) atoms. The van der Waals surface area contributed by atoms with Crippen molar-refractivity contribution in [1.29, 1.82) is 0 Å². The van der Waals surface area contributed by atoms with Gasteiger partial charge in [0, 0.05) is 6.20 Å². The predicted octanol–water partition coefficient (Wildman–Crippen LogP) is -1.57. The standard InChI is InChI=1S/C7H10N4O3S/c8-6(12)4-11-15(13,14)5-2-1-3-10-7(5)9/h1-3,11H,4H2,(H2,8,12)(H2,9,10). The molecule has 1 heterocycles. The monoisotopic (exact) mass is 230 g/mol. The maximum absolute atomic E-state index is 11.5. The Hall–Kier alpha value is -1.67. The van der Waals surface area contributed by atoms with Crippen molar-refractivity contribution < 1.29 is 13.2 Å². The highest BCUT2D eigenvalue weighted by Crippen LogP contribution is 2.13. The fourth-order valence-corrected chi connectivity index (χ4v) is 1.95. The van der Waals surface area contributed by atoms with Crippen molar-refractivity contribution in [3.05, 3.63) is 18.3 Å². The van der Waals surface area contributed by atoms with Gasteiger partial charge in [-0.1, -0.05) is 0 Å². The summed E-state index contributed by atoms with van der Waals surface area (Å²) in [4.78, 5) is 13.9. The Balaban J connectivity index is 2.97. The van der Waals surface area contributed by atoms with E-state index in [1.807, 2.05) is 4.72 Å². The first-order chi connectivity index (χ1) is 6.93. The number of carbonyl (C=O) groups excluding carboxylic acids is 1. The van der Waals surface area contributed by atoms with Crippen LogP contribution in [0.5, 0.6) is 0 Å². The Morgan fingerprint density at radius 2 is 2.20 bits per heavy atom. The highest BCUT2D eigenvalue weighted by Gasteiger charge is 2.17. The number of nitrogens with two attached hydrogens (primary N) is 2. The molecule has 0 atom stereocenters. The van der Waals surface area contributed by atoms with Gasteiger partial charge in [0.05, 0.1) is 6.54 Å². The number of hydrogen-bond acceptors (Lipinski definition) is 5. The molecule has 0 bridgehead atoms. The van der Waals surface area contributed by atoms with Gasteiger partial charge in [-0.15, -0.1) is 0 Å². The first-order valence-corrected chi connectivity index (χ1v) is 5.40. The van der Waals surface area contributed by atoms with Gasteiger partial charge in [-0.2, -0.15) is 0 Å². The lowest BCUT2D eigenvalue weighted by Gasteiger charge is -2.06. The lowest BCUT2D eigenvalue weighted by atomic mass is 10.5. The summed E-state index contributed by atoms with van der Waals surface area (Å²) in [6.07, 6.45) is 1.36. The van der Waals surface area contributed by atoms with Gasteiger partial charge in [-0.3, -0.25) is 4.79 Å². The molecule has 82 valence electrons. The van der Waals surface area contributed by atoms with E-state index in [4.69, 9.17) is 11.5 Å². The molecule has 5 N–H and O–H groups in total. The fraction of sp³-hybridized carbons (Fsp3) is 0.143. The summed E-state index contributed by atoms with van der Waals surface area (Å²) >= 11 is 0. The van der Waals surface area contributed by atoms with Crippen LogP contribution in [0.4, 0.5) is 5.82 Å². The molecule has 0 aliphatic rings. The summed E-state index contributed by atoms with van der Waals surface area (Å²) < 4.78 is 25.0. The highest BCUT2D eigenvalue weighted by molar-refractivity contribution is 7.89. The number of nitrogens with zero attached hydrogens (tertiary/aromatic N) is 1. The summed E-state index contributed by atoms with van der Waals surface area (Å²) in [6.45, 7) is -0.476. The minimum absolute atomic E-state index is 0.130. The lowest BCUT2D eigenvalue weighted by Crippen LogP contribution is -2.33. The van der Waals surface area contributed by atoms with Crippen molar-refractivity contribution >= 4 is 21.7 Å². The Kier molecular flexibility index (Phi) is 3.22. The van der Waals surface area contributed by atoms with E-state index in [0.717, 1.165) is 0 Å². The molecule has 1 amide bonds. The number of primary amides is 1. The summed E-state index contributed by atoms with van der Waals surface area (Å²) in [6, 6.07) is 2.71. The van der Waals surface area contributed by atoms with E-state index in [9.17, 15) is 13.2 Å². The molecule has 8 heteroatoms. The van der Waals surface area contributed by atoms with Gasteiger partial charge in [0.15, 0.2) is 0 Å². The Morgan fingerprint density at radius 1 is 1.53 bits per heavy atom. The molecule has 0 aromatic carbocycles. The van der Waals surface area contributed by atoms with E-state index in [-0.39, 0.29) is 10.7 Å². The summed E-state index contributed by atoms with van der Waals surface area (Å²) in [5.41, 5.74) is 10.2. The molecule has 0 spiro atoms. The molecule has 7 nitrogen and oxygen atoms in total. The van der Waals surface area contributed by atoms with Crippen LogP contribution in [-0.2, 0) is 14.8 Å². The second kappa shape index (κ2) is 4.24. The van der Waals surface area contributed by atoms with Gasteiger partial charge in [0.2, 0.25) is 15.9 Å². The van der Waals surface area contributed by atoms with Crippen molar-refractivity contribution in [2.45, 2.75) is 4.90 Å². The van der Waals surface area contributed by atoms with Crippen molar-refractivity contribution in [2.75, 3.05) is 12.3 Å². The van der Waals surface area contributed by atoms with Crippen LogP contribution >= 0.6 is 0 Å². The van der Waals surface area contributed by atoms with Gasteiger partial charge in [-0.25, -0.2) is 18.1 Å². The molecule has 0 fully saturated rings. The summed E-state index contributed by atoms with van der Waals surface area (Å²) in [7, 11) is -3.82. The number of nitrogens with one attached hydrogen (secondary N) is 1. The van der Waals surface area contributed by atoms with Gasteiger partial charge < -0.3 is 11.5 Å². The zero-order chi connectivity index (χ0) is 11.5. The van der Waals surface area contributed by atoms with Gasteiger partial charge in [-0.05, 0) is 12.1 Å². The number of hydrogen-bond donors (Lipinski definition) is 3. The smallest absolute Gasteiger partial charge is 0.244 e. The van der Waals surface area contributed by atoms with E-state index >= 15 is 0 Å². The van der Waals surface area contributed by atoms with E-state index in [1.165, 1.54) is 18.3 Å². The molecule has 0 saturated heterocycles. The third kappa shape index (κ3) is 2.89. The highest BCUT2D eigenvalue weighted by atomic mass is 32.2. The van der Waals surface area contributed by atoms with Gasteiger partial charge in [0.1, 0.15) is 10.7 Å². The lowest BCUT2D eigenvalue weighted by molar-refractivity contribution is -0.116. The summed E-state index contributed by atoms with van der Waals surface area (Å²) in [5, 5.41) is 0. The van der Waals surface area contributed by atoms with Crippen molar-refractivity contribution in [1.82, 2.24) is 9.71 Å². The van der Waals surface area contributed by atoms with Crippen molar-refractivity contribution in [3.63, 3.8) is 0 Å². The zero-order valence-electron chi connectivity index (χ0n) is 7.67. The third-order valence-electron chi connectivity index (χ3n) is 1.53. The average Bonchev–Trinajstić information content (AvgIpc) is 2.15. The molecule has 0 unspecified atom stereocenters. The Morgan fingerprint density at radius 3 is 2.73 bits per heavy atom. The number of anilines is 1. The number of sulfonamides is 1. The van der Waals surface area contributed by atoms with E-state index in [0.29, 0.717) is 0 Å². The van der Waals surface area contributed by atoms with E-state index in [1.54, 1.807) is 0 Å². The SMILES string of the molecule is NC(=O)CNS(=O)(=O)c1cccnc1N. The van der Waals surface area contributed by atoms with Gasteiger partial charge >= 0.3 is 0 Å². The topological polar surface area (TPSA) is 128 Å². The Labute approximate surface area is 86.5 Å². The maximum atomic E-state index is 11.5. The number of rotatable bonds is 4. The van der Waals surface area contributed by atoms with Crippen LogP contribution in [0.2, 0.25) is 0 Å². The first-order valence-electron chi connectivity index (χ1n) is 3.92. The second-order valence-corrected chi connectivity index (χ2v) is 4.41. The number of nitrogen functional groups attached to an aromatic ring is 1. The average molecular weight is 230 g/mol. The van der Waals surface area contributed by atoms with Crippen LogP contribution in [0.25, 0.3) is 0 Å². The van der Waals surface area contributed by atoms with Crippen LogP contribution in [0.3, 0.4) is 0 Å².